The first kappa shape index (κ1) is 18.1. The van der Waals surface area contributed by atoms with Crippen LogP contribution in [-0.4, -0.2) is 52.4 Å². The molecule has 3 rings (SSSR count). The van der Waals surface area contributed by atoms with E-state index in [2.05, 4.69) is 5.32 Å². The van der Waals surface area contributed by atoms with Crippen molar-refractivity contribution in [3.05, 3.63) is 53.5 Å². The van der Waals surface area contributed by atoms with E-state index in [9.17, 15) is 14.4 Å². The number of hydrogen-bond donors (Lipinski definition) is 2. The maximum Gasteiger partial charge on any atom is 0.371 e. The van der Waals surface area contributed by atoms with Crippen molar-refractivity contribution in [3.8, 4) is 0 Å². The molecule has 26 heavy (non-hydrogen) atoms. The Balaban J connectivity index is 1.57. The average Bonchev–Trinajstić information content (AvgIpc) is 3.15. The molecule has 1 saturated heterocycles. The summed E-state index contributed by atoms with van der Waals surface area (Å²) >= 11 is 1.86. The monoisotopic (exact) mass is 374 g/mol. The fraction of sp³-hybridized carbons (Fsp3) is 0.278. The van der Waals surface area contributed by atoms with Crippen molar-refractivity contribution in [1.82, 2.24) is 4.90 Å². The van der Waals surface area contributed by atoms with Crippen molar-refractivity contribution in [2.24, 2.45) is 0 Å². The van der Waals surface area contributed by atoms with Crippen LogP contribution in [0.15, 0.2) is 40.8 Å². The van der Waals surface area contributed by atoms with Crippen LogP contribution in [-0.2, 0) is 11.2 Å². The van der Waals surface area contributed by atoms with Gasteiger partial charge in [0, 0.05) is 30.3 Å². The largest absolute Gasteiger partial charge is 0.475 e. The minimum atomic E-state index is -1.23. The second-order valence-corrected chi connectivity index (χ2v) is 7.01. The van der Waals surface area contributed by atoms with Crippen molar-refractivity contribution < 1.29 is 23.9 Å². The number of nitrogens with one attached hydrogen (secondary N) is 1. The van der Waals surface area contributed by atoms with E-state index >= 15 is 0 Å². The number of aromatic carboxylic acids is 1. The molecule has 0 aliphatic carbocycles. The lowest BCUT2D eigenvalue weighted by molar-refractivity contribution is -0.130. The number of carboxylic acid groups (broad SMARTS) is 1. The molecule has 8 heteroatoms. The first-order valence-corrected chi connectivity index (χ1v) is 9.27. The zero-order valence-electron chi connectivity index (χ0n) is 13.9. The van der Waals surface area contributed by atoms with Crippen LogP contribution in [0.5, 0.6) is 0 Å². The Bertz CT molecular complexity index is 809. The number of anilines is 1. The van der Waals surface area contributed by atoms with E-state index in [1.165, 1.54) is 12.1 Å². The Morgan fingerprint density at radius 1 is 1.04 bits per heavy atom. The number of furan rings is 1. The number of nitrogens with zero attached hydrogens (tertiary/aromatic N) is 1. The lowest BCUT2D eigenvalue weighted by Gasteiger charge is -2.26. The summed E-state index contributed by atoms with van der Waals surface area (Å²) in [5.41, 5.74) is 1.41. The van der Waals surface area contributed by atoms with E-state index in [1.54, 1.807) is 24.3 Å². The van der Waals surface area contributed by atoms with Crippen molar-refractivity contribution in [2.75, 3.05) is 29.9 Å². The van der Waals surface area contributed by atoms with Crippen LogP contribution in [0.3, 0.4) is 0 Å². The summed E-state index contributed by atoms with van der Waals surface area (Å²) < 4.78 is 4.96. The van der Waals surface area contributed by atoms with E-state index in [-0.39, 0.29) is 17.4 Å². The molecule has 1 aromatic heterocycles. The smallest absolute Gasteiger partial charge is 0.371 e. The first-order valence-electron chi connectivity index (χ1n) is 8.12. The summed E-state index contributed by atoms with van der Waals surface area (Å²) in [7, 11) is 0. The highest BCUT2D eigenvalue weighted by atomic mass is 32.2. The van der Waals surface area contributed by atoms with Gasteiger partial charge in [0.15, 0.2) is 5.76 Å². The van der Waals surface area contributed by atoms with E-state index in [1.807, 2.05) is 16.7 Å². The van der Waals surface area contributed by atoms with Gasteiger partial charge in [-0.15, -0.1) is 0 Å². The highest BCUT2D eigenvalue weighted by Crippen LogP contribution is 2.15. The summed E-state index contributed by atoms with van der Waals surface area (Å²) in [6.07, 6.45) is 0.332. The minimum Gasteiger partial charge on any atom is -0.475 e. The Morgan fingerprint density at radius 2 is 1.69 bits per heavy atom. The molecule has 136 valence electrons. The Labute approximate surface area is 154 Å². The van der Waals surface area contributed by atoms with Gasteiger partial charge in [0.2, 0.25) is 11.7 Å². The van der Waals surface area contributed by atoms with Crippen molar-refractivity contribution in [2.45, 2.75) is 6.42 Å². The number of amides is 2. The van der Waals surface area contributed by atoms with Gasteiger partial charge in [0.05, 0.1) is 6.42 Å². The minimum absolute atomic E-state index is 0.0791. The van der Waals surface area contributed by atoms with Crippen LogP contribution in [0.25, 0.3) is 0 Å². The second kappa shape index (κ2) is 8.09. The maximum absolute atomic E-state index is 12.3. The Hall–Kier alpha value is -2.74. The van der Waals surface area contributed by atoms with E-state index < -0.39 is 11.9 Å². The molecule has 2 heterocycles. The topological polar surface area (TPSA) is 99.8 Å². The molecule has 0 spiro atoms. The highest BCUT2D eigenvalue weighted by molar-refractivity contribution is 7.99. The first-order chi connectivity index (χ1) is 12.5. The normalized spacial score (nSPS) is 14.1. The van der Waals surface area contributed by atoms with Crippen LogP contribution in [0, 0.1) is 0 Å². The Kier molecular flexibility index (Phi) is 5.62. The van der Waals surface area contributed by atoms with Gasteiger partial charge in [-0.2, -0.15) is 11.8 Å². The third kappa shape index (κ3) is 4.45. The van der Waals surface area contributed by atoms with E-state index in [4.69, 9.17) is 9.52 Å². The molecule has 7 nitrogen and oxygen atoms in total. The summed E-state index contributed by atoms with van der Waals surface area (Å²) in [6, 6.07) is 9.52. The molecule has 1 aromatic carbocycles. The van der Waals surface area contributed by atoms with Gasteiger partial charge in [-0.3, -0.25) is 9.59 Å². The molecular weight excluding hydrogens is 356 g/mol. The van der Waals surface area contributed by atoms with Gasteiger partial charge < -0.3 is 19.7 Å². The van der Waals surface area contributed by atoms with Crippen LogP contribution in [0.2, 0.25) is 0 Å². The predicted octanol–water partition coefficient (Wildman–Crippen LogP) is 2.35. The van der Waals surface area contributed by atoms with Gasteiger partial charge in [0.25, 0.3) is 5.91 Å². The molecule has 2 aromatic rings. The lowest BCUT2D eigenvalue weighted by atomic mass is 10.1. The third-order valence-electron chi connectivity index (χ3n) is 3.97. The average molecular weight is 374 g/mol. The standard InChI is InChI=1S/C18H18N2O5S/c21-16(20-7-9-26-10-8-20)11-12-1-3-13(4-2-12)19-17(22)14-5-6-15(25-14)18(23)24/h1-6H,7-11H2,(H,19,22)(H,23,24). The zero-order valence-corrected chi connectivity index (χ0v) is 14.8. The van der Waals surface area contributed by atoms with Gasteiger partial charge in [-0.25, -0.2) is 4.79 Å². The second-order valence-electron chi connectivity index (χ2n) is 5.79. The third-order valence-corrected chi connectivity index (χ3v) is 4.91. The molecule has 1 aliphatic rings. The fourth-order valence-corrected chi connectivity index (χ4v) is 3.48. The summed E-state index contributed by atoms with van der Waals surface area (Å²) in [5.74, 6) is -0.0682. The van der Waals surface area contributed by atoms with Gasteiger partial charge in [0.1, 0.15) is 0 Å². The van der Waals surface area contributed by atoms with E-state index in [0.717, 1.165) is 30.2 Å². The molecule has 1 aliphatic heterocycles. The predicted molar refractivity (Wildman–Crippen MR) is 97.7 cm³/mol. The van der Waals surface area contributed by atoms with Crippen molar-refractivity contribution in [1.29, 1.82) is 0 Å². The SMILES string of the molecule is O=C(O)c1ccc(C(=O)Nc2ccc(CC(=O)N3CCSCC3)cc2)o1. The number of thioether (sulfide) groups is 1. The maximum atomic E-state index is 12.3. The summed E-state index contributed by atoms with van der Waals surface area (Å²) in [4.78, 5) is 37.0. The summed E-state index contributed by atoms with van der Waals surface area (Å²) in [5, 5.41) is 11.4. The number of benzene rings is 1. The molecule has 0 unspecified atom stereocenters. The van der Waals surface area contributed by atoms with Crippen molar-refractivity contribution in [3.63, 3.8) is 0 Å². The van der Waals surface area contributed by atoms with Gasteiger partial charge >= 0.3 is 5.97 Å². The fourth-order valence-electron chi connectivity index (χ4n) is 2.57. The number of carbonyl (C=O) groups is 3. The Morgan fingerprint density at radius 3 is 2.31 bits per heavy atom. The van der Waals surface area contributed by atoms with E-state index in [0.29, 0.717) is 12.1 Å². The molecule has 0 radical (unpaired) electrons. The number of carbonyl (C=O) groups excluding carboxylic acids is 2. The molecular formula is C18H18N2O5S. The summed E-state index contributed by atoms with van der Waals surface area (Å²) in [6.45, 7) is 1.58. The molecule has 0 saturated carbocycles. The van der Waals surface area contributed by atoms with Crippen LogP contribution in [0.1, 0.15) is 26.7 Å². The van der Waals surface area contributed by atoms with Gasteiger partial charge in [-0.05, 0) is 29.8 Å². The van der Waals surface area contributed by atoms with Crippen molar-refractivity contribution >= 4 is 35.2 Å². The number of rotatable bonds is 5. The van der Waals surface area contributed by atoms with Gasteiger partial charge in [-0.1, -0.05) is 12.1 Å². The molecule has 1 fully saturated rings. The molecule has 2 amide bonds. The molecule has 2 N–H and O–H groups in total. The number of hydrogen-bond acceptors (Lipinski definition) is 5. The molecule has 0 bridgehead atoms. The lowest BCUT2D eigenvalue weighted by Crippen LogP contribution is -2.38. The zero-order chi connectivity index (χ0) is 18.5. The van der Waals surface area contributed by atoms with Crippen LogP contribution in [0.4, 0.5) is 5.69 Å². The molecule has 0 atom stereocenters. The van der Waals surface area contributed by atoms with Crippen LogP contribution < -0.4 is 5.32 Å². The number of carboxylic acids is 1. The van der Waals surface area contributed by atoms with Crippen LogP contribution >= 0.6 is 11.8 Å². The quantitative estimate of drug-likeness (QED) is 0.833. The highest BCUT2D eigenvalue weighted by Gasteiger charge is 2.17.